The van der Waals surface area contributed by atoms with Crippen LogP contribution in [0, 0.1) is 0 Å². The van der Waals surface area contributed by atoms with Crippen LogP contribution >= 0.6 is 11.6 Å². The van der Waals surface area contributed by atoms with Crippen molar-refractivity contribution in [3.8, 4) is 23.0 Å². The highest BCUT2D eigenvalue weighted by molar-refractivity contribution is 6.33. The van der Waals surface area contributed by atoms with Crippen LogP contribution in [0.15, 0.2) is 36.9 Å². The van der Waals surface area contributed by atoms with Crippen LogP contribution in [-0.4, -0.2) is 21.3 Å². The van der Waals surface area contributed by atoms with Gasteiger partial charge in [0.2, 0.25) is 0 Å². The molecular weight excluding hydrogens is 352 g/mol. The summed E-state index contributed by atoms with van der Waals surface area (Å²) in [6.45, 7) is 5.94. The van der Waals surface area contributed by atoms with Gasteiger partial charge in [-0.2, -0.15) is 0 Å². The van der Waals surface area contributed by atoms with Crippen molar-refractivity contribution in [3.63, 3.8) is 0 Å². The lowest BCUT2D eigenvalue weighted by Gasteiger charge is -2.18. The van der Waals surface area contributed by atoms with Crippen molar-refractivity contribution in [2.75, 3.05) is 21.3 Å². The summed E-state index contributed by atoms with van der Waals surface area (Å²) in [5.74, 6) is 2.90. The monoisotopic (exact) mass is 374 g/mol. The van der Waals surface area contributed by atoms with Crippen molar-refractivity contribution in [1.29, 1.82) is 0 Å². The molecule has 2 atom stereocenters. The summed E-state index contributed by atoms with van der Waals surface area (Å²) in [5.41, 5.74) is 3.00. The lowest BCUT2D eigenvalue weighted by molar-refractivity contribution is 0.213. The van der Waals surface area contributed by atoms with Crippen LogP contribution in [0.5, 0.6) is 23.0 Å². The van der Waals surface area contributed by atoms with Gasteiger partial charge in [-0.25, -0.2) is 0 Å². The maximum Gasteiger partial charge on any atom is 0.161 e. The van der Waals surface area contributed by atoms with Crippen molar-refractivity contribution < 1.29 is 18.9 Å². The minimum atomic E-state index is -0.169. The predicted octanol–water partition coefficient (Wildman–Crippen LogP) is 5.33. The molecule has 1 heterocycles. The van der Waals surface area contributed by atoms with Gasteiger partial charge in [0.25, 0.3) is 0 Å². The van der Waals surface area contributed by atoms with Crippen molar-refractivity contribution in [2.24, 2.45) is 0 Å². The Labute approximate surface area is 159 Å². The van der Waals surface area contributed by atoms with Gasteiger partial charge >= 0.3 is 0 Å². The molecule has 1 aliphatic heterocycles. The van der Waals surface area contributed by atoms with Crippen LogP contribution in [0.25, 0.3) is 0 Å². The molecule has 1 aliphatic rings. The second-order valence-corrected chi connectivity index (χ2v) is 6.61. The fraction of sp³-hybridized carbons (Fsp3) is 0.333. The van der Waals surface area contributed by atoms with E-state index >= 15 is 0 Å². The van der Waals surface area contributed by atoms with E-state index in [1.54, 1.807) is 21.3 Å². The molecule has 0 N–H and O–H groups in total. The van der Waals surface area contributed by atoms with Gasteiger partial charge in [0.1, 0.15) is 17.6 Å². The molecule has 2 aromatic rings. The second kappa shape index (κ2) is 7.50. The summed E-state index contributed by atoms with van der Waals surface area (Å²) in [6, 6.07) is 7.75. The molecule has 0 unspecified atom stereocenters. The number of hydrogen-bond acceptors (Lipinski definition) is 4. The van der Waals surface area contributed by atoms with Gasteiger partial charge in [0.15, 0.2) is 11.5 Å². The minimum Gasteiger partial charge on any atom is -0.495 e. The Kier molecular flexibility index (Phi) is 5.33. The van der Waals surface area contributed by atoms with Crippen molar-refractivity contribution in [1.82, 2.24) is 0 Å². The average molecular weight is 375 g/mol. The van der Waals surface area contributed by atoms with E-state index in [-0.39, 0.29) is 12.0 Å². The summed E-state index contributed by atoms with van der Waals surface area (Å²) < 4.78 is 22.6. The van der Waals surface area contributed by atoms with Crippen LogP contribution in [0.1, 0.15) is 35.6 Å². The quantitative estimate of drug-likeness (QED) is 0.640. The molecule has 0 saturated heterocycles. The van der Waals surface area contributed by atoms with Crippen molar-refractivity contribution >= 4 is 11.6 Å². The molecule has 0 bridgehead atoms. The van der Waals surface area contributed by atoms with E-state index < -0.39 is 0 Å². The Morgan fingerprint density at radius 1 is 1.08 bits per heavy atom. The largest absolute Gasteiger partial charge is 0.495 e. The first-order chi connectivity index (χ1) is 12.5. The predicted molar refractivity (Wildman–Crippen MR) is 103 cm³/mol. The standard InChI is InChI=1S/C21H23ClO4/c1-6-7-13-11-17(25-5)19(22)18-12(2)20(26-21(13)18)14-8-9-15(23-3)16(10-14)24-4/h6,8-12,20H,1,7H2,2-5H3/t12-,20-/m0/s1. The van der Waals surface area contributed by atoms with E-state index in [0.717, 1.165) is 22.4 Å². The highest BCUT2D eigenvalue weighted by Gasteiger charge is 2.37. The first kappa shape index (κ1) is 18.5. The van der Waals surface area contributed by atoms with Crippen LogP contribution in [0.2, 0.25) is 5.02 Å². The zero-order valence-corrected chi connectivity index (χ0v) is 16.2. The Morgan fingerprint density at radius 3 is 2.38 bits per heavy atom. The Morgan fingerprint density at radius 2 is 1.77 bits per heavy atom. The van der Waals surface area contributed by atoms with Crippen molar-refractivity contribution in [2.45, 2.75) is 25.4 Å². The number of allylic oxidation sites excluding steroid dienone is 1. The Hall–Kier alpha value is -2.33. The van der Waals surface area contributed by atoms with E-state index in [0.29, 0.717) is 28.7 Å². The summed E-state index contributed by atoms with van der Waals surface area (Å²) in [5, 5.41) is 0.603. The van der Waals surface area contributed by atoms with Gasteiger partial charge in [-0.05, 0) is 30.2 Å². The SMILES string of the molecule is C=CCc1cc(OC)c(Cl)c2c1O[C@H](c1ccc(OC)c(OC)c1)[C@H]2C. The third-order valence-corrected chi connectivity index (χ3v) is 5.16. The van der Waals surface area contributed by atoms with Crippen LogP contribution in [-0.2, 0) is 6.42 Å². The van der Waals surface area contributed by atoms with Gasteiger partial charge < -0.3 is 18.9 Å². The number of halogens is 1. The summed E-state index contributed by atoms with van der Waals surface area (Å²) in [7, 11) is 4.87. The highest BCUT2D eigenvalue weighted by atomic mass is 35.5. The number of hydrogen-bond donors (Lipinski definition) is 0. The van der Waals surface area contributed by atoms with Crippen LogP contribution < -0.4 is 18.9 Å². The summed E-state index contributed by atoms with van der Waals surface area (Å²) in [6.07, 6.45) is 2.36. The molecule has 0 fully saturated rings. The molecule has 2 aromatic carbocycles. The fourth-order valence-electron chi connectivity index (χ4n) is 3.46. The molecule has 0 amide bonds. The lowest BCUT2D eigenvalue weighted by Crippen LogP contribution is -2.08. The fourth-order valence-corrected chi connectivity index (χ4v) is 3.85. The smallest absolute Gasteiger partial charge is 0.161 e. The van der Waals surface area contributed by atoms with E-state index in [2.05, 4.69) is 13.5 Å². The second-order valence-electron chi connectivity index (χ2n) is 6.23. The first-order valence-electron chi connectivity index (χ1n) is 8.44. The molecule has 26 heavy (non-hydrogen) atoms. The maximum absolute atomic E-state index is 6.60. The van der Waals surface area contributed by atoms with E-state index in [1.807, 2.05) is 30.3 Å². The molecule has 3 rings (SSSR count). The van der Waals surface area contributed by atoms with Crippen LogP contribution in [0.4, 0.5) is 0 Å². The molecule has 5 heteroatoms. The zero-order valence-electron chi connectivity index (χ0n) is 15.5. The Bertz CT molecular complexity index is 831. The maximum atomic E-state index is 6.60. The third-order valence-electron chi connectivity index (χ3n) is 4.77. The highest BCUT2D eigenvalue weighted by Crippen LogP contribution is 2.53. The molecule has 0 saturated carbocycles. The van der Waals surface area contributed by atoms with E-state index in [1.165, 1.54) is 0 Å². The van der Waals surface area contributed by atoms with Gasteiger partial charge in [0.05, 0.1) is 26.4 Å². The van der Waals surface area contributed by atoms with E-state index in [4.69, 9.17) is 30.5 Å². The normalized spacial score (nSPS) is 18.0. The number of fused-ring (bicyclic) bond motifs is 1. The van der Waals surface area contributed by atoms with Gasteiger partial charge in [-0.3, -0.25) is 0 Å². The van der Waals surface area contributed by atoms with Crippen LogP contribution in [0.3, 0.4) is 0 Å². The number of ether oxygens (including phenoxy) is 4. The number of rotatable bonds is 6. The third kappa shape index (κ3) is 2.99. The summed E-state index contributed by atoms with van der Waals surface area (Å²) >= 11 is 6.60. The van der Waals surface area contributed by atoms with Crippen molar-refractivity contribution in [3.05, 3.63) is 58.6 Å². The molecule has 138 valence electrons. The summed E-state index contributed by atoms with van der Waals surface area (Å²) in [4.78, 5) is 0. The molecule has 4 nitrogen and oxygen atoms in total. The van der Waals surface area contributed by atoms with E-state index in [9.17, 15) is 0 Å². The molecular formula is C21H23ClO4. The number of methoxy groups -OCH3 is 3. The minimum absolute atomic E-state index is 0.0641. The molecule has 0 radical (unpaired) electrons. The molecule has 0 aromatic heterocycles. The number of benzene rings is 2. The molecule has 0 spiro atoms. The first-order valence-corrected chi connectivity index (χ1v) is 8.82. The van der Waals surface area contributed by atoms with Gasteiger partial charge in [-0.15, -0.1) is 6.58 Å². The topological polar surface area (TPSA) is 36.9 Å². The van der Waals surface area contributed by atoms with Gasteiger partial charge in [0, 0.05) is 17.0 Å². The molecule has 0 aliphatic carbocycles. The lowest BCUT2D eigenvalue weighted by atomic mass is 9.91. The Balaban J connectivity index is 2.07. The zero-order chi connectivity index (χ0) is 18.8. The average Bonchev–Trinajstić information content (AvgIpc) is 3.01. The van der Waals surface area contributed by atoms with Gasteiger partial charge in [-0.1, -0.05) is 30.7 Å².